The summed E-state index contributed by atoms with van der Waals surface area (Å²) in [6, 6.07) is 25.7. The van der Waals surface area contributed by atoms with Crippen LogP contribution in [0.2, 0.25) is 0 Å². The summed E-state index contributed by atoms with van der Waals surface area (Å²) in [5.74, 6) is -0.212. The van der Waals surface area contributed by atoms with Gasteiger partial charge in [0.2, 0.25) is 11.2 Å². The molecule has 0 saturated carbocycles. The van der Waals surface area contributed by atoms with E-state index in [1.807, 2.05) is 12.1 Å². The summed E-state index contributed by atoms with van der Waals surface area (Å²) in [5.41, 5.74) is 6.97. The van der Waals surface area contributed by atoms with E-state index in [0.717, 1.165) is 22.0 Å². The standard InChI is InChI=1S/C23H19FN/c1-16-6-3-4-7-19(16)23-15-14-21-20(8-5-9-22(21)25(23)2)17-10-12-18(24)13-11-17/h3-15H,1-2H3/q+1. The molecule has 3 aromatic carbocycles. The van der Waals surface area contributed by atoms with Gasteiger partial charge in [-0.1, -0.05) is 42.5 Å². The van der Waals surface area contributed by atoms with Crippen LogP contribution in [0.15, 0.2) is 78.9 Å². The molecular formula is C23H19FN+. The first-order chi connectivity index (χ1) is 12.1. The van der Waals surface area contributed by atoms with Crippen molar-refractivity contribution in [1.29, 1.82) is 0 Å². The maximum Gasteiger partial charge on any atom is 0.213 e. The zero-order valence-electron chi connectivity index (χ0n) is 14.3. The smallest absolute Gasteiger partial charge is 0.207 e. The number of hydrogen-bond acceptors (Lipinski definition) is 0. The topological polar surface area (TPSA) is 3.88 Å². The Morgan fingerprint density at radius 3 is 2.20 bits per heavy atom. The van der Waals surface area contributed by atoms with E-state index in [2.05, 4.69) is 73.1 Å². The van der Waals surface area contributed by atoms with Crippen LogP contribution in [0.4, 0.5) is 4.39 Å². The molecule has 0 fully saturated rings. The molecule has 0 atom stereocenters. The highest BCUT2D eigenvalue weighted by atomic mass is 19.1. The first-order valence-corrected chi connectivity index (χ1v) is 8.39. The lowest BCUT2D eigenvalue weighted by Gasteiger charge is -2.09. The van der Waals surface area contributed by atoms with Crippen LogP contribution in [0.3, 0.4) is 0 Å². The number of benzene rings is 3. The van der Waals surface area contributed by atoms with Gasteiger partial charge in [0.05, 0.1) is 5.39 Å². The van der Waals surface area contributed by atoms with Gasteiger partial charge in [-0.3, -0.25) is 0 Å². The minimum Gasteiger partial charge on any atom is -0.207 e. The summed E-state index contributed by atoms with van der Waals surface area (Å²) < 4.78 is 15.5. The van der Waals surface area contributed by atoms with E-state index >= 15 is 0 Å². The van der Waals surface area contributed by atoms with Crippen LogP contribution in [0.5, 0.6) is 0 Å². The van der Waals surface area contributed by atoms with Gasteiger partial charge < -0.3 is 0 Å². The van der Waals surface area contributed by atoms with Crippen molar-refractivity contribution in [3.05, 3.63) is 90.2 Å². The predicted octanol–water partition coefficient (Wildman–Crippen LogP) is 5.45. The van der Waals surface area contributed by atoms with Gasteiger partial charge in [0.25, 0.3) is 0 Å². The van der Waals surface area contributed by atoms with Crippen LogP contribution >= 0.6 is 0 Å². The molecule has 4 aromatic rings. The van der Waals surface area contributed by atoms with Crippen LogP contribution in [-0.4, -0.2) is 0 Å². The van der Waals surface area contributed by atoms with Crippen LogP contribution < -0.4 is 4.57 Å². The van der Waals surface area contributed by atoms with Crippen LogP contribution in [0, 0.1) is 12.7 Å². The number of hydrogen-bond donors (Lipinski definition) is 0. The van der Waals surface area contributed by atoms with Gasteiger partial charge in [0, 0.05) is 17.7 Å². The van der Waals surface area contributed by atoms with E-state index in [1.54, 1.807) is 0 Å². The van der Waals surface area contributed by atoms with E-state index in [9.17, 15) is 4.39 Å². The van der Waals surface area contributed by atoms with Gasteiger partial charge in [-0.05, 0) is 47.9 Å². The Hall–Kier alpha value is -3.00. The lowest BCUT2D eigenvalue weighted by atomic mass is 9.98. The Kier molecular flexibility index (Phi) is 3.81. The van der Waals surface area contributed by atoms with Crippen molar-refractivity contribution < 1.29 is 8.96 Å². The largest absolute Gasteiger partial charge is 0.213 e. The molecule has 0 unspecified atom stereocenters. The monoisotopic (exact) mass is 328 g/mol. The molecule has 0 N–H and O–H groups in total. The van der Waals surface area contributed by atoms with E-state index < -0.39 is 0 Å². The molecule has 1 nitrogen and oxygen atoms in total. The molecule has 25 heavy (non-hydrogen) atoms. The Labute approximate surface area is 147 Å². The molecule has 0 radical (unpaired) electrons. The van der Waals surface area contributed by atoms with Crippen molar-refractivity contribution in [2.24, 2.45) is 7.05 Å². The summed E-state index contributed by atoms with van der Waals surface area (Å²) in [7, 11) is 2.10. The predicted molar refractivity (Wildman–Crippen MR) is 101 cm³/mol. The highest BCUT2D eigenvalue weighted by Crippen LogP contribution is 2.29. The number of aromatic nitrogens is 1. The lowest BCUT2D eigenvalue weighted by molar-refractivity contribution is -0.633. The number of halogens is 1. The molecule has 122 valence electrons. The third-order valence-corrected chi connectivity index (χ3v) is 4.79. The van der Waals surface area contributed by atoms with Gasteiger partial charge in [0.15, 0.2) is 0 Å². The fourth-order valence-corrected chi connectivity index (χ4v) is 3.44. The molecule has 0 aliphatic heterocycles. The molecule has 0 aliphatic rings. The van der Waals surface area contributed by atoms with E-state index in [1.165, 1.54) is 29.0 Å². The van der Waals surface area contributed by atoms with Gasteiger partial charge in [-0.25, -0.2) is 4.39 Å². The highest BCUT2D eigenvalue weighted by molar-refractivity contribution is 5.93. The van der Waals surface area contributed by atoms with Crippen molar-refractivity contribution in [2.75, 3.05) is 0 Å². The molecule has 1 heterocycles. The average Bonchev–Trinajstić information content (AvgIpc) is 2.63. The minimum atomic E-state index is -0.212. The maximum absolute atomic E-state index is 13.3. The zero-order chi connectivity index (χ0) is 17.4. The quantitative estimate of drug-likeness (QED) is 0.431. The number of rotatable bonds is 2. The second-order valence-corrected chi connectivity index (χ2v) is 6.34. The molecule has 1 aromatic heterocycles. The molecule has 0 amide bonds. The van der Waals surface area contributed by atoms with Crippen LogP contribution in [0.1, 0.15) is 5.56 Å². The molecular weight excluding hydrogens is 309 g/mol. The molecule has 2 heteroatoms. The van der Waals surface area contributed by atoms with Crippen molar-refractivity contribution in [1.82, 2.24) is 0 Å². The molecule has 0 spiro atoms. The van der Waals surface area contributed by atoms with Crippen molar-refractivity contribution in [2.45, 2.75) is 6.92 Å². The average molecular weight is 328 g/mol. The summed E-state index contributed by atoms with van der Waals surface area (Å²) >= 11 is 0. The van der Waals surface area contributed by atoms with Crippen LogP contribution in [0.25, 0.3) is 33.3 Å². The maximum atomic E-state index is 13.3. The Balaban J connectivity index is 1.95. The second-order valence-electron chi connectivity index (χ2n) is 6.34. The number of pyridine rings is 1. The van der Waals surface area contributed by atoms with Gasteiger partial charge in [-0.2, -0.15) is 4.57 Å². The van der Waals surface area contributed by atoms with Gasteiger partial charge in [-0.15, -0.1) is 0 Å². The normalized spacial score (nSPS) is 11.0. The van der Waals surface area contributed by atoms with Crippen molar-refractivity contribution in [3.8, 4) is 22.4 Å². The van der Waals surface area contributed by atoms with Crippen molar-refractivity contribution >= 4 is 10.9 Å². The first kappa shape index (κ1) is 15.5. The second kappa shape index (κ2) is 6.14. The van der Waals surface area contributed by atoms with E-state index in [-0.39, 0.29) is 5.82 Å². The Morgan fingerprint density at radius 1 is 0.720 bits per heavy atom. The fraction of sp³-hybridized carbons (Fsp3) is 0.0870. The third kappa shape index (κ3) is 2.70. The number of nitrogens with zero attached hydrogens (tertiary/aromatic N) is 1. The molecule has 0 saturated heterocycles. The van der Waals surface area contributed by atoms with Gasteiger partial charge in [0.1, 0.15) is 12.9 Å². The number of aryl methyl sites for hydroxylation is 2. The summed E-state index contributed by atoms with van der Waals surface area (Å²) in [6.45, 7) is 2.13. The molecule has 0 bridgehead atoms. The SMILES string of the molecule is Cc1ccccc1-c1ccc2c(-c3ccc(F)cc3)cccc2[n+]1C. The first-order valence-electron chi connectivity index (χ1n) is 8.39. The minimum absolute atomic E-state index is 0.212. The van der Waals surface area contributed by atoms with Crippen LogP contribution in [-0.2, 0) is 7.05 Å². The number of fused-ring (bicyclic) bond motifs is 1. The lowest BCUT2D eigenvalue weighted by Crippen LogP contribution is -2.32. The van der Waals surface area contributed by atoms with E-state index in [0.29, 0.717) is 0 Å². The van der Waals surface area contributed by atoms with Crippen molar-refractivity contribution in [3.63, 3.8) is 0 Å². The summed E-state index contributed by atoms with van der Waals surface area (Å²) in [5, 5.41) is 1.16. The Bertz CT molecular complexity index is 1070. The molecule has 0 aliphatic carbocycles. The summed E-state index contributed by atoms with van der Waals surface area (Å²) in [6.07, 6.45) is 0. The molecule has 4 rings (SSSR count). The highest BCUT2D eigenvalue weighted by Gasteiger charge is 2.17. The third-order valence-electron chi connectivity index (χ3n) is 4.79. The summed E-state index contributed by atoms with van der Waals surface area (Å²) in [4.78, 5) is 0. The zero-order valence-corrected chi connectivity index (χ0v) is 14.3. The van der Waals surface area contributed by atoms with E-state index in [4.69, 9.17) is 0 Å². The fourth-order valence-electron chi connectivity index (χ4n) is 3.44. The Morgan fingerprint density at radius 2 is 1.44 bits per heavy atom. The van der Waals surface area contributed by atoms with Gasteiger partial charge >= 0.3 is 0 Å².